The lowest BCUT2D eigenvalue weighted by Gasteiger charge is -2.11. The fourth-order valence-corrected chi connectivity index (χ4v) is 1.67. The highest BCUT2D eigenvalue weighted by Crippen LogP contribution is 2.27. The maximum absolute atomic E-state index is 6.10. The highest BCUT2D eigenvalue weighted by Gasteiger charge is 2.06. The van der Waals surface area contributed by atoms with Crippen molar-refractivity contribution in [3.8, 4) is 0 Å². The molecule has 12 heavy (non-hydrogen) atoms. The van der Waals surface area contributed by atoms with Gasteiger partial charge in [-0.2, -0.15) is 0 Å². The lowest BCUT2D eigenvalue weighted by molar-refractivity contribution is 0.733. The van der Waals surface area contributed by atoms with E-state index in [0.29, 0.717) is 5.92 Å². The molecule has 0 aromatic heterocycles. The van der Waals surface area contributed by atoms with Crippen LogP contribution in [0.15, 0.2) is 18.2 Å². The standard InChI is InChI=1S/C11H15Cl/c1-4-9(3)10-6-5-8(2)7-11(10)12/h5-7,9H,4H2,1-3H3. The van der Waals surface area contributed by atoms with Crippen LogP contribution in [0.2, 0.25) is 5.02 Å². The van der Waals surface area contributed by atoms with E-state index in [1.54, 1.807) is 0 Å². The second-order valence-electron chi connectivity index (χ2n) is 3.33. The van der Waals surface area contributed by atoms with Crippen molar-refractivity contribution in [2.45, 2.75) is 33.1 Å². The summed E-state index contributed by atoms with van der Waals surface area (Å²) in [6.45, 7) is 6.45. The molecule has 0 saturated carbocycles. The minimum absolute atomic E-state index is 0.568. The van der Waals surface area contributed by atoms with E-state index in [1.807, 2.05) is 6.07 Å². The predicted octanol–water partition coefficient (Wildman–Crippen LogP) is 4.16. The van der Waals surface area contributed by atoms with Crippen LogP contribution in [-0.2, 0) is 0 Å². The molecule has 0 nitrogen and oxygen atoms in total. The minimum Gasteiger partial charge on any atom is -0.0840 e. The van der Waals surface area contributed by atoms with Crippen LogP contribution in [0.5, 0.6) is 0 Å². The zero-order valence-corrected chi connectivity index (χ0v) is 8.65. The van der Waals surface area contributed by atoms with Crippen molar-refractivity contribution in [2.75, 3.05) is 0 Å². The van der Waals surface area contributed by atoms with E-state index < -0.39 is 0 Å². The highest BCUT2D eigenvalue weighted by atomic mass is 35.5. The van der Waals surface area contributed by atoms with Gasteiger partial charge in [0, 0.05) is 5.02 Å². The molecular formula is C11H15Cl. The molecule has 1 heteroatoms. The largest absolute Gasteiger partial charge is 0.0840 e. The lowest BCUT2D eigenvalue weighted by atomic mass is 9.98. The Morgan fingerprint density at radius 2 is 2.08 bits per heavy atom. The molecule has 0 saturated heterocycles. The van der Waals surface area contributed by atoms with E-state index in [0.717, 1.165) is 11.4 Å². The van der Waals surface area contributed by atoms with Crippen molar-refractivity contribution in [1.29, 1.82) is 0 Å². The molecule has 0 aliphatic heterocycles. The van der Waals surface area contributed by atoms with Gasteiger partial charge in [-0.05, 0) is 36.5 Å². The molecule has 0 bridgehead atoms. The average Bonchev–Trinajstić information content (AvgIpc) is 2.03. The van der Waals surface area contributed by atoms with Gasteiger partial charge in [0.05, 0.1) is 0 Å². The second kappa shape index (κ2) is 3.95. The zero-order chi connectivity index (χ0) is 9.14. The SMILES string of the molecule is CCC(C)c1ccc(C)cc1Cl. The third kappa shape index (κ3) is 2.01. The summed E-state index contributed by atoms with van der Waals surface area (Å²) < 4.78 is 0. The smallest absolute Gasteiger partial charge is 0.0443 e. The van der Waals surface area contributed by atoms with Gasteiger partial charge in [0.15, 0.2) is 0 Å². The van der Waals surface area contributed by atoms with Crippen LogP contribution in [0, 0.1) is 6.92 Å². The van der Waals surface area contributed by atoms with Crippen LogP contribution in [0.1, 0.15) is 37.3 Å². The van der Waals surface area contributed by atoms with E-state index in [-0.39, 0.29) is 0 Å². The quantitative estimate of drug-likeness (QED) is 0.644. The van der Waals surface area contributed by atoms with Gasteiger partial charge >= 0.3 is 0 Å². The number of rotatable bonds is 2. The van der Waals surface area contributed by atoms with E-state index in [9.17, 15) is 0 Å². The fourth-order valence-electron chi connectivity index (χ4n) is 1.25. The van der Waals surface area contributed by atoms with Crippen LogP contribution in [0.25, 0.3) is 0 Å². The van der Waals surface area contributed by atoms with E-state index in [2.05, 4.69) is 32.9 Å². The third-order valence-corrected chi connectivity index (χ3v) is 2.63. The van der Waals surface area contributed by atoms with Crippen molar-refractivity contribution < 1.29 is 0 Å². The first-order valence-electron chi connectivity index (χ1n) is 4.41. The van der Waals surface area contributed by atoms with E-state index >= 15 is 0 Å². The molecular weight excluding hydrogens is 168 g/mol. The molecule has 1 aromatic carbocycles. The maximum Gasteiger partial charge on any atom is 0.0443 e. The minimum atomic E-state index is 0.568. The molecule has 0 amide bonds. The van der Waals surface area contributed by atoms with Crippen molar-refractivity contribution >= 4 is 11.6 Å². The van der Waals surface area contributed by atoms with Gasteiger partial charge in [0.2, 0.25) is 0 Å². The molecule has 0 aliphatic carbocycles. The Morgan fingerprint density at radius 1 is 1.42 bits per heavy atom. The van der Waals surface area contributed by atoms with Gasteiger partial charge in [0.25, 0.3) is 0 Å². The third-order valence-electron chi connectivity index (χ3n) is 2.30. The summed E-state index contributed by atoms with van der Waals surface area (Å²) in [6, 6.07) is 6.28. The Morgan fingerprint density at radius 3 is 2.58 bits per heavy atom. The summed E-state index contributed by atoms with van der Waals surface area (Å²) in [6.07, 6.45) is 1.14. The molecule has 0 heterocycles. The number of hydrogen-bond donors (Lipinski definition) is 0. The monoisotopic (exact) mass is 182 g/mol. The molecule has 0 radical (unpaired) electrons. The average molecular weight is 183 g/mol. The summed E-state index contributed by atoms with van der Waals surface area (Å²) >= 11 is 6.10. The Kier molecular flexibility index (Phi) is 3.16. The van der Waals surface area contributed by atoms with Crippen LogP contribution >= 0.6 is 11.6 Å². The fraction of sp³-hybridized carbons (Fsp3) is 0.455. The van der Waals surface area contributed by atoms with Gasteiger partial charge < -0.3 is 0 Å². The van der Waals surface area contributed by atoms with Crippen LogP contribution in [0.3, 0.4) is 0 Å². The number of hydrogen-bond acceptors (Lipinski definition) is 0. The molecule has 0 spiro atoms. The van der Waals surface area contributed by atoms with Crippen LogP contribution in [-0.4, -0.2) is 0 Å². The van der Waals surface area contributed by atoms with Crippen LogP contribution in [0.4, 0.5) is 0 Å². The topological polar surface area (TPSA) is 0 Å². The van der Waals surface area contributed by atoms with Gasteiger partial charge in [-0.3, -0.25) is 0 Å². The van der Waals surface area contributed by atoms with Gasteiger partial charge in [-0.25, -0.2) is 0 Å². The summed E-state index contributed by atoms with van der Waals surface area (Å²) in [5.74, 6) is 0.568. The second-order valence-corrected chi connectivity index (χ2v) is 3.74. The molecule has 0 fully saturated rings. The number of benzene rings is 1. The molecule has 1 rings (SSSR count). The molecule has 1 aromatic rings. The Labute approximate surface area is 79.6 Å². The molecule has 1 unspecified atom stereocenters. The van der Waals surface area contributed by atoms with E-state index in [4.69, 9.17) is 11.6 Å². The highest BCUT2D eigenvalue weighted by molar-refractivity contribution is 6.31. The summed E-state index contributed by atoms with van der Waals surface area (Å²) in [5, 5.41) is 0.907. The Balaban J connectivity index is 3.01. The first-order chi connectivity index (χ1) is 5.65. The maximum atomic E-state index is 6.10. The molecule has 0 aliphatic rings. The Hall–Kier alpha value is -0.490. The summed E-state index contributed by atoms with van der Waals surface area (Å²) in [4.78, 5) is 0. The predicted molar refractivity (Wildman–Crippen MR) is 54.9 cm³/mol. The van der Waals surface area contributed by atoms with Crippen molar-refractivity contribution in [1.82, 2.24) is 0 Å². The normalized spacial score (nSPS) is 13.0. The van der Waals surface area contributed by atoms with Crippen LogP contribution < -0.4 is 0 Å². The Bertz CT molecular complexity index is 266. The van der Waals surface area contributed by atoms with E-state index in [1.165, 1.54) is 11.1 Å². The van der Waals surface area contributed by atoms with Crippen molar-refractivity contribution in [2.24, 2.45) is 0 Å². The first kappa shape index (κ1) is 9.60. The number of halogens is 1. The molecule has 0 N–H and O–H groups in total. The zero-order valence-electron chi connectivity index (χ0n) is 7.89. The first-order valence-corrected chi connectivity index (χ1v) is 4.79. The molecule has 66 valence electrons. The lowest BCUT2D eigenvalue weighted by Crippen LogP contribution is -1.92. The summed E-state index contributed by atoms with van der Waals surface area (Å²) in [7, 11) is 0. The van der Waals surface area contributed by atoms with Crippen molar-refractivity contribution in [3.63, 3.8) is 0 Å². The van der Waals surface area contributed by atoms with Gasteiger partial charge in [-0.15, -0.1) is 0 Å². The van der Waals surface area contributed by atoms with Gasteiger partial charge in [-0.1, -0.05) is 37.6 Å². The van der Waals surface area contributed by atoms with Gasteiger partial charge in [0.1, 0.15) is 0 Å². The summed E-state index contributed by atoms with van der Waals surface area (Å²) in [5.41, 5.74) is 2.50. The van der Waals surface area contributed by atoms with Crippen molar-refractivity contribution in [3.05, 3.63) is 34.3 Å². The number of aryl methyl sites for hydroxylation is 1. The molecule has 1 atom stereocenters.